The predicted molar refractivity (Wildman–Crippen MR) is 82.1 cm³/mol. The zero-order valence-electron chi connectivity index (χ0n) is 12.6. The van der Waals surface area contributed by atoms with Crippen molar-refractivity contribution in [3.63, 3.8) is 0 Å². The van der Waals surface area contributed by atoms with Gasteiger partial charge in [0, 0.05) is 19.8 Å². The summed E-state index contributed by atoms with van der Waals surface area (Å²) in [6.07, 6.45) is 7.07. The molecule has 1 N–H and O–H groups in total. The van der Waals surface area contributed by atoms with Crippen LogP contribution < -0.4 is 4.90 Å². The van der Waals surface area contributed by atoms with Crippen molar-refractivity contribution in [2.24, 2.45) is 11.8 Å². The molecule has 4 bridgehead atoms. The molecule has 4 aliphatic rings. The number of aliphatic hydroxyl groups is 1. The molecule has 2 nitrogen and oxygen atoms in total. The number of benzene rings is 1. The van der Waals surface area contributed by atoms with E-state index in [0.29, 0.717) is 0 Å². The van der Waals surface area contributed by atoms with Crippen molar-refractivity contribution in [3.8, 4) is 0 Å². The molecule has 2 heteroatoms. The maximum absolute atomic E-state index is 10.9. The number of rotatable bonds is 2. The molecule has 0 aromatic heterocycles. The maximum atomic E-state index is 10.9. The summed E-state index contributed by atoms with van der Waals surface area (Å²) in [5.74, 6) is 1.52. The third kappa shape index (κ3) is 1.81. The van der Waals surface area contributed by atoms with Crippen LogP contribution in [0.4, 0.5) is 5.69 Å². The van der Waals surface area contributed by atoms with Gasteiger partial charge in [-0.15, -0.1) is 0 Å². The van der Waals surface area contributed by atoms with Crippen LogP contribution in [0.2, 0.25) is 0 Å². The standard InChI is InChI=1S/C18H25NO/c1-19(2)16-5-3-15(4-6-16)17-8-13-7-14(9-17)11-18(20,10-13)12-17/h3-6,13-14,20H,7-12H2,1-2H3. The smallest absolute Gasteiger partial charge is 0.0661 e. The lowest BCUT2D eigenvalue weighted by Gasteiger charge is -2.60. The van der Waals surface area contributed by atoms with Gasteiger partial charge in [-0.2, -0.15) is 0 Å². The van der Waals surface area contributed by atoms with E-state index < -0.39 is 0 Å². The van der Waals surface area contributed by atoms with Crippen LogP contribution >= 0.6 is 0 Å². The van der Waals surface area contributed by atoms with E-state index in [1.165, 1.54) is 30.5 Å². The summed E-state index contributed by atoms with van der Waals surface area (Å²) in [4.78, 5) is 2.15. The summed E-state index contributed by atoms with van der Waals surface area (Å²) in [6, 6.07) is 9.09. The third-order valence-electron chi connectivity index (χ3n) is 6.03. The second-order valence-corrected chi connectivity index (χ2v) is 7.91. The highest BCUT2D eigenvalue weighted by atomic mass is 16.3. The molecule has 20 heavy (non-hydrogen) atoms. The molecule has 2 atom stereocenters. The van der Waals surface area contributed by atoms with Crippen LogP contribution in [0.25, 0.3) is 0 Å². The number of hydrogen-bond donors (Lipinski definition) is 1. The Labute approximate surface area is 121 Å². The molecule has 108 valence electrons. The van der Waals surface area contributed by atoms with E-state index in [1.807, 2.05) is 0 Å². The fourth-order valence-electron chi connectivity index (χ4n) is 5.67. The van der Waals surface area contributed by atoms with Crippen molar-refractivity contribution in [2.45, 2.75) is 49.5 Å². The van der Waals surface area contributed by atoms with Gasteiger partial charge in [-0.3, -0.25) is 0 Å². The van der Waals surface area contributed by atoms with Crippen molar-refractivity contribution < 1.29 is 5.11 Å². The highest BCUT2D eigenvalue weighted by molar-refractivity contribution is 5.48. The SMILES string of the molecule is CN(C)c1ccc(C23CC4CC(CC(O)(C4)C2)C3)cc1. The second kappa shape index (κ2) is 4.00. The highest BCUT2D eigenvalue weighted by Gasteiger charge is 2.57. The molecule has 2 unspecified atom stereocenters. The van der Waals surface area contributed by atoms with Crippen molar-refractivity contribution in [1.82, 2.24) is 0 Å². The first-order valence-electron chi connectivity index (χ1n) is 7.98. The third-order valence-corrected chi connectivity index (χ3v) is 6.03. The van der Waals surface area contributed by atoms with Crippen LogP contribution in [-0.4, -0.2) is 24.8 Å². The highest BCUT2D eigenvalue weighted by Crippen LogP contribution is 2.62. The Kier molecular flexibility index (Phi) is 2.54. The van der Waals surface area contributed by atoms with Gasteiger partial charge in [-0.05, 0) is 73.5 Å². The molecule has 0 heterocycles. The van der Waals surface area contributed by atoms with E-state index in [4.69, 9.17) is 0 Å². The molecule has 0 amide bonds. The van der Waals surface area contributed by atoms with Gasteiger partial charge in [0.15, 0.2) is 0 Å². The zero-order valence-corrected chi connectivity index (χ0v) is 12.6. The number of hydrogen-bond acceptors (Lipinski definition) is 2. The summed E-state index contributed by atoms with van der Waals surface area (Å²) >= 11 is 0. The van der Waals surface area contributed by atoms with Gasteiger partial charge in [0.25, 0.3) is 0 Å². The van der Waals surface area contributed by atoms with Crippen LogP contribution in [0.3, 0.4) is 0 Å². The average Bonchev–Trinajstić information content (AvgIpc) is 2.36. The van der Waals surface area contributed by atoms with Gasteiger partial charge in [-0.25, -0.2) is 0 Å². The van der Waals surface area contributed by atoms with E-state index in [9.17, 15) is 5.11 Å². The molecule has 0 aliphatic heterocycles. The van der Waals surface area contributed by atoms with Crippen LogP contribution in [0.15, 0.2) is 24.3 Å². The molecule has 0 spiro atoms. The Morgan fingerprint density at radius 2 is 1.60 bits per heavy atom. The van der Waals surface area contributed by atoms with Crippen molar-refractivity contribution in [3.05, 3.63) is 29.8 Å². The number of anilines is 1. The average molecular weight is 271 g/mol. The van der Waals surface area contributed by atoms with Crippen LogP contribution in [0.5, 0.6) is 0 Å². The molecular weight excluding hydrogens is 246 g/mol. The van der Waals surface area contributed by atoms with Crippen molar-refractivity contribution in [1.29, 1.82) is 0 Å². The van der Waals surface area contributed by atoms with Gasteiger partial charge in [0.2, 0.25) is 0 Å². The fraction of sp³-hybridized carbons (Fsp3) is 0.667. The van der Waals surface area contributed by atoms with Crippen LogP contribution in [-0.2, 0) is 5.41 Å². The van der Waals surface area contributed by atoms with E-state index in [-0.39, 0.29) is 11.0 Å². The predicted octanol–water partition coefficient (Wildman–Crippen LogP) is 3.34. The molecule has 0 saturated heterocycles. The lowest BCUT2D eigenvalue weighted by molar-refractivity contribution is -0.136. The van der Waals surface area contributed by atoms with Crippen molar-refractivity contribution in [2.75, 3.05) is 19.0 Å². The molecule has 4 fully saturated rings. The first-order valence-corrected chi connectivity index (χ1v) is 7.98. The van der Waals surface area contributed by atoms with E-state index in [2.05, 4.69) is 43.3 Å². The van der Waals surface area contributed by atoms with Crippen molar-refractivity contribution >= 4 is 5.69 Å². The monoisotopic (exact) mass is 271 g/mol. The minimum absolute atomic E-state index is 0.268. The summed E-state index contributed by atoms with van der Waals surface area (Å²) in [5, 5.41) is 10.9. The minimum atomic E-state index is -0.357. The summed E-state index contributed by atoms with van der Waals surface area (Å²) < 4.78 is 0. The first kappa shape index (κ1) is 12.7. The topological polar surface area (TPSA) is 23.5 Å². The quantitative estimate of drug-likeness (QED) is 0.892. The first-order chi connectivity index (χ1) is 9.48. The largest absolute Gasteiger partial charge is 0.390 e. The Hall–Kier alpha value is -1.02. The van der Waals surface area contributed by atoms with Gasteiger partial charge >= 0.3 is 0 Å². The molecule has 4 saturated carbocycles. The van der Waals surface area contributed by atoms with Crippen LogP contribution in [0, 0.1) is 11.8 Å². The van der Waals surface area contributed by atoms with E-state index in [1.54, 1.807) is 0 Å². The Morgan fingerprint density at radius 1 is 1.00 bits per heavy atom. The zero-order chi connectivity index (χ0) is 14.0. The Morgan fingerprint density at radius 3 is 2.10 bits per heavy atom. The Bertz CT molecular complexity index is 505. The lowest BCUT2D eigenvalue weighted by Crippen LogP contribution is -2.57. The minimum Gasteiger partial charge on any atom is -0.390 e. The van der Waals surface area contributed by atoms with Gasteiger partial charge in [0.05, 0.1) is 5.60 Å². The molecule has 1 aromatic carbocycles. The van der Waals surface area contributed by atoms with Crippen LogP contribution in [0.1, 0.15) is 44.1 Å². The molecule has 4 aliphatic carbocycles. The van der Waals surface area contributed by atoms with Gasteiger partial charge in [-0.1, -0.05) is 12.1 Å². The van der Waals surface area contributed by atoms with Gasteiger partial charge < -0.3 is 10.0 Å². The normalized spacial score (nSPS) is 42.0. The fourth-order valence-corrected chi connectivity index (χ4v) is 5.67. The molecule has 5 rings (SSSR count). The van der Waals surface area contributed by atoms with E-state index >= 15 is 0 Å². The van der Waals surface area contributed by atoms with Gasteiger partial charge in [0.1, 0.15) is 0 Å². The summed E-state index contributed by atoms with van der Waals surface area (Å²) in [7, 11) is 4.17. The molecular formula is C18H25NO. The molecule has 1 aromatic rings. The summed E-state index contributed by atoms with van der Waals surface area (Å²) in [6.45, 7) is 0. The maximum Gasteiger partial charge on any atom is 0.0661 e. The second-order valence-electron chi connectivity index (χ2n) is 7.91. The number of nitrogens with zero attached hydrogens (tertiary/aromatic N) is 1. The molecule has 0 radical (unpaired) electrons. The lowest BCUT2D eigenvalue weighted by atomic mass is 9.46. The summed E-state index contributed by atoms with van der Waals surface area (Å²) in [5.41, 5.74) is 2.64. The van der Waals surface area contributed by atoms with E-state index in [0.717, 1.165) is 31.1 Å². The Balaban J connectivity index is 1.70.